The molecule has 2 fully saturated rings. The van der Waals surface area contributed by atoms with Gasteiger partial charge in [0.05, 0.1) is 0 Å². The molecule has 0 radical (unpaired) electrons. The van der Waals surface area contributed by atoms with E-state index in [2.05, 4.69) is 27.6 Å². The molecule has 0 aromatic carbocycles. The van der Waals surface area contributed by atoms with Gasteiger partial charge in [-0.3, -0.25) is 0 Å². The van der Waals surface area contributed by atoms with Crippen LogP contribution in [0.15, 0.2) is 18.3 Å². The molecular weight excluding hydrogens is 416 g/mol. The van der Waals surface area contributed by atoms with Crippen LogP contribution >= 0.6 is 11.3 Å². The normalized spacial score (nSPS) is 20.5. The lowest BCUT2D eigenvalue weighted by atomic mass is 10.1. The summed E-state index contributed by atoms with van der Waals surface area (Å²) in [6.45, 7) is 5.09. The highest BCUT2D eigenvalue weighted by atomic mass is 32.1. The maximum absolute atomic E-state index is 11.4. The first kappa shape index (κ1) is 21.6. The number of aromatic nitrogens is 2. The number of likely N-dealkylation sites (tertiary alicyclic amines) is 2. The van der Waals surface area contributed by atoms with Crippen molar-refractivity contribution >= 4 is 34.2 Å². The number of ether oxygens (including phenoxy) is 1. The lowest BCUT2D eigenvalue weighted by Crippen LogP contribution is -2.44. The number of amides is 1. The average Bonchev–Trinajstić information content (AvgIpc) is 3.14. The van der Waals surface area contributed by atoms with E-state index in [9.17, 15) is 9.90 Å². The van der Waals surface area contributed by atoms with Gasteiger partial charge < -0.3 is 30.3 Å². The zero-order valence-electron chi connectivity index (χ0n) is 18.0. The Labute approximate surface area is 186 Å². The summed E-state index contributed by atoms with van der Waals surface area (Å²) in [7, 11) is 2.13. The second-order valence-electron chi connectivity index (χ2n) is 8.31. The highest BCUT2D eigenvalue weighted by molar-refractivity contribution is 7.15. The van der Waals surface area contributed by atoms with Gasteiger partial charge in [-0.15, -0.1) is 11.3 Å². The molecule has 0 bridgehead atoms. The molecule has 2 aliphatic heterocycles. The number of rotatable bonds is 6. The molecule has 4 heterocycles. The summed E-state index contributed by atoms with van der Waals surface area (Å²) in [5.74, 6) is 2.10. The molecule has 2 saturated heterocycles. The summed E-state index contributed by atoms with van der Waals surface area (Å²) in [5, 5.41) is 16.8. The first-order chi connectivity index (χ1) is 14.9. The highest BCUT2D eigenvalue weighted by Gasteiger charge is 2.24. The fourth-order valence-corrected chi connectivity index (χ4v) is 4.68. The molecule has 9 nitrogen and oxygen atoms in total. The quantitative estimate of drug-likeness (QED) is 0.618. The van der Waals surface area contributed by atoms with Crippen molar-refractivity contribution in [1.82, 2.24) is 19.8 Å². The molecule has 0 spiro atoms. The fourth-order valence-electron chi connectivity index (χ4n) is 4.01. The third-order valence-electron chi connectivity index (χ3n) is 5.67. The second kappa shape index (κ2) is 9.69. The van der Waals surface area contributed by atoms with Crippen LogP contribution in [0.4, 0.5) is 21.6 Å². The number of nitrogens with zero attached hydrogens (tertiary/aromatic N) is 4. The Kier molecular flexibility index (Phi) is 6.77. The monoisotopic (exact) mass is 446 g/mol. The van der Waals surface area contributed by atoms with Crippen LogP contribution in [0.25, 0.3) is 0 Å². The minimum absolute atomic E-state index is 0.0193. The van der Waals surface area contributed by atoms with Gasteiger partial charge in [0, 0.05) is 55.4 Å². The van der Waals surface area contributed by atoms with Gasteiger partial charge in [0.2, 0.25) is 0 Å². The van der Waals surface area contributed by atoms with Gasteiger partial charge >= 0.3 is 6.09 Å². The van der Waals surface area contributed by atoms with Crippen molar-refractivity contribution < 1.29 is 14.6 Å². The molecule has 31 heavy (non-hydrogen) atoms. The van der Waals surface area contributed by atoms with Gasteiger partial charge in [0.15, 0.2) is 5.13 Å². The van der Waals surface area contributed by atoms with E-state index in [1.807, 2.05) is 25.3 Å². The smallest absolute Gasteiger partial charge is 0.407 e. The summed E-state index contributed by atoms with van der Waals surface area (Å²) in [4.78, 5) is 25.3. The predicted octanol–water partition coefficient (Wildman–Crippen LogP) is 3.62. The van der Waals surface area contributed by atoms with E-state index in [1.54, 1.807) is 11.3 Å². The van der Waals surface area contributed by atoms with Crippen molar-refractivity contribution in [2.75, 3.05) is 43.9 Å². The summed E-state index contributed by atoms with van der Waals surface area (Å²) in [5.41, 5.74) is 0. The van der Waals surface area contributed by atoms with Gasteiger partial charge in [-0.2, -0.15) is 0 Å². The zero-order valence-corrected chi connectivity index (χ0v) is 18.8. The minimum atomic E-state index is -0.875. The molecule has 4 rings (SSSR count). The molecular formula is C21H30N6O3S. The molecule has 3 N–H and O–H groups in total. The topological polar surface area (TPSA) is 103 Å². The standard InChI is InChI=1S/C21H30N6O3S/c1-14-12-22-20(31-14)25-19-11-17(30-16-5-8-26(2)9-6-16)10-18(24-19)23-15-4-3-7-27(13-15)21(28)29/h10-12,15-16H,3-9,13H2,1-2H3,(H,28,29)(H2,22,23,24,25). The molecule has 2 aliphatic rings. The molecule has 2 aromatic rings. The van der Waals surface area contributed by atoms with Crippen LogP contribution in [0, 0.1) is 6.92 Å². The van der Waals surface area contributed by atoms with Crippen LogP contribution in [-0.4, -0.2) is 76.3 Å². The van der Waals surface area contributed by atoms with Crippen LogP contribution in [-0.2, 0) is 0 Å². The van der Waals surface area contributed by atoms with Crippen molar-refractivity contribution in [2.24, 2.45) is 0 Å². The molecule has 1 unspecified atom stereocenters. The van der Waals surface area contributed by atoms with Gasteiger partial charge in [-0.25, -0.2) is 14.8 Å². The molecule has 2 aromatic heterocycles. The van der Waals surface area contributed by atoms with Crippen LogP contribution < -0.4 is 15.4 Å². The fraction of sp³-hybridized carbons (Fsp3) is 0.571. The molecule has 0 aliphatic carbocycles. The Morgan fingerprint density at radius 1 is 1.23 bits per heavy atom. The third-order valence-corrected chi connectivity index (χ3v) is 6.50. The number of hydrogen-bond donors (Lipinski definition) is 3. The first-order valence-corrected chi connectivity index (χ1v) is 11.6. The number of carboxylic acid groups (broad SMARTS) is 1. The van der Waals surface area contributed by atoms with E-state index >= 15 is 0 Å². The van der Waals surface area contributed by atoms with E-state index in [1.165, 1.54) is 4.90 Å². The van der Waals surface area contributed by atoms with Crippen molar-refractivity contribution in [3.05, 3.63) is 23.2 Å². The number of pyridine rings is 1. The summed E-state index contributed by atoms with van der Waals surface area (Å²) in [6.07, 6.45) is 4.85. The Bertz CT molecular complexity index is 899. The Hall–Kier alpha value is -2.59. The van der Waals surface area contributed by atoms with E-state index in [0.717, 1.165) is 54.5 Å². The number of nitrogens with one attached hydrogen (secondary N) is 2. The average molecular weight is 447 g/mol. The number of piperidine rings is 2. The maximum Gasteiger partial charge on any atom is 0.407 e. The molecule has 1 amide bonds. The van der Waals surface area contributed by atoms with Crippen LogP contribution in [0.3, 0.4) is 0 Å². The number of anilines is 3. The van der Waals surface area contributed by atoms with Crippen molar-refractivity contribution in [2.45, 2.75) is 44.8 Å². The Morgan fingerprint density at radius 3 is 2.71 bits per heavy atom. The Morgan fingerprint density at radius 2 is 2.00 bits per heavy atom. The lowest BCUT2D eigenvalue weighted by Gasteiger charge is -2.32. The first-order valence-electron chi connectivity index (χ1n) is 10.8. The van der Waals surface area contributed by atoms with Gasteiger partial charge in [0.1, 0.15) is 23.5 Å². The number of carbonyl (C=O) groups is 1. The van der Waals surface area contributed by atoms with Crippen LogP contribution in [0.5, 0.6) is 5.75 Å². The van der Waals surface area contributed by atoms with E-state index in [0.29, 0.717) is 24.7 Å². The second-order valence-corrected chi connectivity index (χ2v) is 9.54. The lowest BCUT2D eigenvalue weighted by molar-refractivity contribution is 0.114. The Balaban J connectivity index is 1.51. The van der Waals surface area contributed by atoms with Gasteiger partial charge in [0.25, 0.3) is 0 Å². The minimum Gasteiger partial charge on any atom is -0.490 e. The van der Waals surface area contributed by atoms with Crippen LogP contribution in [0.2, 0.25) is 0 Å². The molecule has 0 saturated carbocycles. The van der Waals surface area contributed by atoms with E-state index < -0.39 is 6.09 Å². The summed E-state index contributed by atoms with van der Waals surface area (Å²) in [6, 6.07) is 3.84. The summed E-state index contributed by atoms with van der Waals surface area (Å²) >= 11 is 1.57. The molecule has 10 heteroatoms. The zero-order chi connectivity index (χ0) is 21.8. The SMILES string of the molecule is Cc1cnc(Nc2cc(OC3CCN(C)CC3)cc(NC3CCCN(C(=O)O)C3)n2)s1. The van der Waals surface area contributed by atoms with E-state index in [-0.39, 0.29) is 12.1 Å². The predicted molar refractivity (Wildman–Crippen MR) is 122 cm³/mol. The number of aryl methyl sites for hydroxylation is 1. The molecule has 168 valence electrons. The largest absolute Gasteiger partial charge is 0.490 e. The molecule has 1 atom stereocenters. The highest BCUT2D eigenvalue weighted by Crippen LogP contribution is 2.28. The maximum atomic E-state index is 11.4. The van der Waals surface area contributed by atoms with Crippen molar-refractivity contribution in [3.8, 4) is 5.75 Å². The van der Waals surface area contributed by atoms with Crippen LogP contribution in [0.1, 0.15) is 30.6 Å². The number of thiazole rings is 1. The third kappa shape index (κ3) is 5.98. The van der Waals surface area contributed by atoms with Crippen molar-refractivity contribution in [1.29, 1.82) is 0 Å². The van der Waals surface area contributed by atoms with E-state index in [4.69, 9.17) is 9.72 Å². The van der Waals surface area contributed by atoms with Gasteiger partial charge in [-0.1, -0.05) is 0 Å². The van der Waals surface area contributed by atoms with Gasteiger partial charge in [-0.05, 0) is 39.7 Å². The number of hydrogen-bond acceptors (Lipinski definition) is 8. The van der Waals surface area contributed by atoms with Crippen molar-refractivity contribution in [3.63, 3.8) is 0 Å². The summed E-state index contributed by atoms with van der Waals surface area (Å²) < 4.78 is 6.31.